The molecule has 2 aromatic rings. The van der Waals surface area contributed by atoms with E-state index in [0.29, 0.717) is 12.4 Å². The number of hydrogen-bond acceptors (Lipinski definition) is 3. The number of ether oxygens (including phenoxy) is 1. The average Bonchev–Trinajstić information content (AvgIpc) is 3.01. The SMILES string of the molecule is CCC#CCOc1ccc(N2C(=O)CSC2c2ccc(F)cc2)c(C)c1. The highest BCUT2D eigenvalue weighted by Gasteiger charge is 2.34. The second-order valence-electron chi connectivity index (χ2n) is 5.92. The topological polar surface area (TPSA) is 29.5 Å². The van der Waals surface area contributed by atoms with Gasteiger partial charge in [-0.3, -0.25) is 9.69 Å². The summed E-state index contributed by atoms with van der Waals surface area (Å²) in [6.45, 7) is 4.30. The van der Waals surface area contributed by atoms with E-state index < -0.39 is 0 Å². The second kappa shape index (κ2) is 8.29. The van der Waals surface area contributed by atoms with Crippen LogP contribution in [0.4, 0.5) is 10.1 Å². The first kappa shape index (κ1) is 18.3. The van der Waals surface area contributed by atoms with Gasteiger partial charge in [0.1, 0.15) is 23.5 Å². The summed E-state index contributed by atoms with van der Waals surface area (Å²) in [5.41, 5.74) is 2.71. The molecule has 5 heteroatoms. The summed E-state index contributed by atoms with van der Waals surface area (Å²) in [5.74, 6) is 6.82. The minimum Gasteiger partial charge on any atom is -0.481 e. The van der Waals surface area contributed by atoms with E-state index in [1.807, 2.05) is 32.0 Å². The van der Waals surface area contributed by atoms with Crippen molar-refractivity contribution in [3.63, 3.8) is 0 Å². The number of hydrogen-bond donors (Lipinski definition) is 0. The van der Waals surface area contributed by atoms with Crippen molar-refractivity contribution < 1.29 is 13.9 Å². The number of amides is 1. The van der Waals surface area contributed by atoms with Crippen LogP contribution in [-0.4, -0.2) is 18.3 Å². The molecule has 1 amide bonds. The maximum Gasteiger partial charge on any atom is 0.238 e. The lowest BCUT2D eigenvalue weighted by Crippen LogP contribution is -2.28. The Morgan fingerprint density at radius 3 is 2.69 bits per heavy atom. The fourth-order valence-corrected chi connectivity index (χ4v) is 4.01. The first-order valence-electron chi connectivity index (χ1n) is 8.48. The Morgan fingerprint density at radius 2 is 2.00 bits per heavy atom. The first-order chi connectivity index (χ1) is 12.6. The number of anilines is 1. The van der Waals surface area contributed by atoms with Crippen LogP contribution in [0.3, 0.4) is 0 Å². The van der Waals surface area contributed by atoms with E-state index in [1.54, 1.807) is 28.8 Å². The summed E-state index contributed by atoms with van der Waals surface area (Å²) in [6, 6.07) is 12.0. The van der Waals surface area contributed by atoms with Gasteiger partial charge in [0, 0.05) is 12.1 Å². The average molecular weight is 369 g/mol. The lowest BCUT2D eigenvalue weighted by Gasteiger charge is -2.26. The smallest absolute Gasteiger partial charge is 0.238 e. The van der Waals surface area contributed by atoms with Crippen LogP contribution in [0, 0.1) is 24.6 Å². The van der Waals surface area contributed by atoms with Crippen LogP contribution >= 0.6 is 11.8 Å². The van der Waals surface area contributed by atoms with E-state index in [1.165, 1.54) is 12.1 Å². The van der Waals surface area contributed by atoms with E-state index in [-0.39, 0.29) is 17.1 Å². The number of halogens is 1. The predicted octanol–water partition coefficient (Wildman–Crippen LogP) is 4.70. The highest BCUT2D eigenvalue weighted by Crippen LogP contribution is 2.43. The van der Waals surface area contributed by atoms with Gasteiger partial charge in [0.2, 0.25) is 5.91 Å². The van der Waals surface area contributed by atoms with Crippen molar-refractivity contribution in [3.05, 3.63) is 59.4 Å². The van der Waals surface area contributed by atoms with Gasteiger partial charge in [-0.2, -0.15) is 0 Å². The molecule has 1 atom stereocenters. The second-order valence-corrected chi connectivity index (χ2v) is 6.99. The molecule has 3 rings (SSSR count). The van der Waals surface area contributed by atoms with Crippen LogP contribution in [0.25, 0.3) is 0 Å². The molecule has 134 valence electrons. The number of aryl methyl sites for hydroxylation is 1. The summed E-state index contributed by atoms with van der Waals surface area (Å²) in [6.07, 6.45) is 0.806. The molecule has 1 unspecified atom stereocenters. The van der Waals surface area contributed by atoms with Crippen molar-refractivity contribution in [2.75, 3.05) is 17.3 Å². The van der Waals surface area contributed by atoms with Gasteiger partial charge in [0.05, 0.1) is 5.75 Å². The van der Waals surface area contributed by atoms with Gasteiger partial charge < -0.3 is 4.74 Å². The summed E-state index contributed by atoms with van der Waals surface area (Å²) in [5, 5.41) is -0.149. The Labute approximate surface area is 157 Å². The molecule has 0 bridgehead atoms. The van der Waals surface area contributed by atoms with Gasteiger partial charge in [0.25, 0.3) is 0 Å². The van der Waals surface area contributed by atoms with Gasteiger partial charge in [0.15, 0.2) is 0 Å². The molecule has 0 spiro atoms. The molecular formula is C21H20FNO2S. The summed E-state index contributed by atoms with van der Waals surface area (Å²) < 4.78 is 18.9. The minimum atomic E-state index is -0.279. The van der Waals surface area contributed by atoms with Gasteiger partial charge >= 0.3 is 0 Å². The third kappa shape index (κ3) is 4.03. The third-order valence-electron chi connectivity index (χ3n) is 4.06. The molecule has 2 aromatic carbocycles. The molecule has 3 nitrogen and oxygen atoms in total. The van der Waals surface area contributed by atoms with Crippen LogP contribution in [0.15, 0.2) is 42.5 Å². The normalized spacial score (nSPS) is 16.3. The molecule has 1 saturated heterocycles. The zero-order valence-electron chi connectivity index (χ0n) is 14.8. The maximum atomic E-state index is 13.2. The van der Waals surface area contributed by atoms with Crippen LogP contribution in [0.1, 0.15) is 29.8 Å². The highest BCUT2D eigenvalue weighted by molar-refractivity contribution is 8.00. The van der Waals surface area contributed by atoms with E-state index in [2.05, 4.69) is 11.8 Å². The summed E-state index contributed by atoms with van der Waals surface area (Å²) in [7, 11) is 0. The van der Waals surface area contributed by atoms with Gasteiger partial charge in [-0.25, -0.2) is 4.39 Å². The van der Waals surface area contributed by atoms with Crippen molar-refractivity contribution in [2.24, 2.45) is 0 Å². The largest absolute Gasteiger partial charge is 0.481 e. The lowest BCUT2D eigenvalue weighted by molar-refractivity contribution is -0.115. The molecule has 26 heavy (non-hydrogen) atoms. The maximum absolute atomic E-state index is 13.2. The lowest BCUT2D eigenvalue weighted by atomic mass is 10.1. The minimum absolute atomic E-state index is 0.0508. The third-order valence-corrected chi connectivity index (χ3v) is 5.28. The van der Waals surface area contributed by atoms with Crippen molar-refractivity contribution in [2.45, 2.75) is 25.6 Å². The zero-order chi connectivity index (χ0) is 18.5. The van der Waals surface area contributed by atoms with Crippen molar-refractivity contribution in [3.8, 4) is 17.6 Å². The molecule has 0 radical (unpaired) electrons. The molecule has 1 heterocycles. The number of thioether (sulfide) groups is 1. The standard InChI is InChI=1S/C21H20FNO2S/c1-3-4-5-12-25-18-10-11-19(15(2)13-18)23-20(24)14-26-21(23)16-6-8-17(22)9-7-16/h6-11,13,21H,3,12,14H2,1-2H3. The van der Waals surface area contributed by atoms with E-state index >= 15 is 0 Å². The summed E-state index contributed by atoms with van der Waals surface area (Å²) >= 11 is 1.55. The Morgan fingerprint density at radius 1 is 1.23 bits per heavy atom. The van der Waals surface area contributed by atoms with Gasteiger partial charge in [-0.15, -0.1) is 17.7 Å². The van der Waals surface area contributed by atoms with E-state index in [0.717, 1.165) is 29.0 Å². The molecule has 0 N–H and O–H groups in total. The predicted molar refractivity (Wildman–Crippen MR) is 104 cm³/mol. The van der Waals surface area contributed by atoms with Crippen molar-refractivity contribution >= 4 is 23.4 Å². The molecule has 0 aliphatic carbocycles. The Bertz CT molecular complexity index is 855. The van der Waals surface area contributed by atoms with Crippen molar-refractivity contribution in [1.82, 2.24) is 0 Å². The Hall–Kier alpha value is -2.45. The van der Waals surface area contributed by atoms with Crippen molar-refractivity contribution in [1.29, 1.82) is 0 Å². The quantitative estimate of drug-likeness (QED) is 0.732. The fourth-order valence-electron chi connectivity index (χ4n) is 2.84. The number of rotatable bonds is 4. The number of benzene rings is 2. The first-order valence-corrected chi connectivity index (χ1v) is 9.53. The Kier molecular flexibility index (Phi) is 5.85. The van der Waals surface area contributed by atoms with Gasteiger partial charge in [-0.1, -0.05) is 25.0 Å². The van der Waals surface area contributed by atoms with Crippen LogP contribution in [0.2, 0.25) is 0 Å². The van der Waals surface area contributed by atoms with Gasteiger partial charge in [-0.05, 0) is 48.4 Å². The molecule has 0 saturated carbocycles. The van der Waals surface area contributed by atoms with E-state index in [4.69, 9.17) is 4.74 Å². The van der Waals surface area contributed by atoms with Crippen LogP contribution < -0.4 is 9.64 Å². The molecule has 1 aliphatic heterocycles. The molecule has 0 aromatic heterocycles. The van der Waals surface area contributed by atoms with Crippen LogP contribution in [0.5, 0.6) is 5.75 Å². The van der Waals surface area contributed by atoms with E-state index in [9.17, 15) is 9.18 Å². The fraction of sp³-hybridized carbons (Fsp3) is 0.286. The number of carbonyl (C=O) groups excluding carboxylic acids is 1. The molecule has 1 aliphatic rings. The molecule has 1 fully saturated rings. The number of nitrogens with zero attached hydrogens (tertiary/aromatic N) is 1. The number of carbonyl (C=O) groups is 1. The monoisotopic (exact) mass is 369 g/mol. The Balaban J connectivity index is 1.83. The molecular weight excluding hydrogens is 349 g/mol. The zero-order valence-corrected chi connectivity index (χ0v) is 15.6. The summed E-state index contributed by atoms with van der Waals surface area (Å²) in [4.78, 5) is 14.3. The van der Waals surface area contributed by atoms with Crippen LogP contribution in [-0.2, 0) is 4.79 Å². The highest BCUT2D eigenvalue weighted by atomic mass is 32.2.